The summed E-state index contributed by atoms with van der Waals surface area (Å²) in [5.41, 5.74) is 2.97. The Morgan fingerprint density at radius 2 is 1.85 bits per heavy atom. The molecule has 3 aromatic rings. The predicted octanol–water partition coefficient (Wildman–Crippen LogP) is 5.42. The second kappa shape index (κ2) is 9.88. The third-order valence-electron chi connectivity index (χ3n) is 4.56. The van der Waals surface area contributed by atoms with E-state index in [1.54, 1.807) is 17.5 Å². The van der Waals surface area contributed by atoms with E-state index >= 15 is 0 Å². The SMILES string of the molecule is CC1CCN(c2ccc(Nc3nc(-c4ccccn4)cs3)nc2)CC1.Cl.Cl. The van der Waals surface area contributed by atoms with E-state index in [-0.39, 0.29) is 24.8 Å². The molecule has 0 aromatic carbocycles. The molecule has 4 heterocycles. The topological polar surface area (TPSA) is 53.9 Å². The minimum atomic E-state index is 0. The van der Waals surface area contributed by atoms with E-state index < -0.39 is 0 Å². The van der Waals surface area contributed by atoms with Crippen LogP contribution in [0, 0.1) is 5.92 Å². The minimum Gasteiger partial charge on any atom is -0.370 e. The number of piperidine rings is 1. The standard InChI is InChI=1S/C19H21N5S.2ClH/c1-14-7-10-24(11-8-14)15-5-6-18(21-12-15)23-19-22-17(13-25-19)16-4-2-3-9-20-16;;/h2-6,9,12-14H,7-8,10-11H2,1H3,(H,21,22,23);2*1H. The molecule has 4 rings (SSSR count). The number of rotatable bonds is 4. The average Bonchev–Trinajstić information content (AvgIpc) is 3.12. The van der Waals surface area contributed by atoms with Crippen LogP contribution in [0.5, 0.6) is 0 Å². The highest BCUT2D eigenvalue weighted by Crippen LogP contribution is 2.27. The van der Waals surface area contributed by atoms with Gasteiger partial charge in [0.1, 0.15) is 11.5 Å². The Kier molecular flexibility index (Phi) is 7.83. The Morgan fingerprint density at radius 3 is 2.52 bits per heavy atom. The summed E-state index contributed by atoms with van der Waals surface area (Å²) in [7, 11) is 0. The molecule has 1 saturated heterocycles. The Labute approximate surface area is 176 Å². The van der Waals surface area contributed by atoms with Crippen molar-refractivity contribution in [2.45, 2.75) is 19.8 Å². The number of hydrogen-bond donors (Lipinski definition) is 1. The van der Waals surface area contributed by atoms with Gasteiger partial charge in [0.25, 0.3) is 0 Å². The monoisotopic (exact) mass is 423 g/mol. The molecule has 8 heteroatoms. The molecular formula is C19H23Cl2N5S. The minimum absolute atomic E-state index is 0. The van der Waals surface area contributed by atoms with Crippen LogP contribution in [0.15, 0.2) is 48.1 Å². The summed E-state index contributed by atoms with van der Waals surface area (Å²) in [5, 5.41) is 6.12. The number of nitrogens with one attached hydrogen (secondary N) is 1. The summed E-state index contributed by atoms with van der Waals surface area (Å²) < 4.78 is 0. The highest BCUT2D eigenvalue weighted by atomic mass is 35.5. The first-order valence-corrected chi connectivity index (χ1v) is 9.51. The van der Waals surface area contributed by atoms with Crippen molar-refractivity contribution in [3.05, 3.63) is 48.1 Å². The first kappa shape index (κ1) is 21.4. The highest BCUT2D eigenvalue weighted by molar-refractivity contribution is 7.14. The van der Waals surface area contributed by atoms with Crippen molar-refractivity contribution in [1.82, 2.24) is 15.0 Å². The molecule has 0 spiro atoms. The van der Waals surface area contributed by atoms with E-state index in [0.29, 0.717) is 0 Å². The van der Waals surface area contributed by atoms with Crippen molar-refractivity contribution in [3.63, 3.8) is 0 Å². The molecule has 5 nitrogen and oxygen atoms in total. The number of aromatic nitrogens is 3. The smallest absolute Gasteiger partial charge is 0.188 e. The Hall–Kier alpha value is -1.89. The molecule has 3 aromatic heterocycles. The summed E-state index contributed by atoms with van der Waals surface area (Å²) in [6.07, 6.45) is 6.25. The predicted molar refractivity (Wildman–Crippen MR) is 118 cm³/mol. The maximum absolute atomic E-state index is 4.59. The third-order valence-corrected chi connectivity index (χ3v) is 5.32. The van der Waals surface area contributed by atoms with Crippen molar-refractivity contribution in [2.75, 3.05) is 23.3 Å². The van der Waals surface area contributed by atoms with Crippen LogP contribution in [0.3, 0.4) is 0 Å². The van der Waals surface area contributed by atoms with Crippen LogP contribution in [0.25, 0.3) is 11.4 Å². The number of anilines is 3. The Morgan fingerprint density at radius 1 is 1.04 bits per heavy atom. The van der Waals surface area contributed by atoms with Crippen molar-refractivity contribution in [1.29, 1.82) is 0 Å². The van der Waals surface area contributed by atoms with Gasteiger partial charge in [-0.2, -0.15) is 0 Å². The van der Waals surface area contributed by atoms with Crippen LogP contribution in [0.1, 0.15) is 19.8 Å². The second-order valence-electron chi connectivity index (χ2n) is 6.45. The van der Waals surface area contributed by atoms with Gasteiger partial charge in [-0.3, -0.25) is 4.98 Å². The molecule has 0 unspecified atom stereocenters. The second-order valence-corrected chi connectivity index (χ2v) is 7.31. The molecule has 1 aliphatic rings. The van der Waals surface area contributed by atoms with Crippen LogP contribution in [-0.2, 0) is 0 Å². The Bertz CT molecular complexity index is 818. The highest BCUT2D eigenvalue weighted by Gasteiger charge is 2.16. The zero-order chi connectivity index (χ0) is 17.1. The lowest BCUT2D eigenvalue weighted by atomic mass is 9.99. The zero-order valence-corrected chi connectivity index (χ0v) is 17.5. The van der Waals surface area contributed by atoms with E-state index in [0.717, 1.165) is 41.3 Å². The lowest BCUT2D eigenvalue weighted by Gasteiger charge is -2.31. The quantitative estimate of drug-likeness (QED) is 0.606. The van der Waals surface area contributed by atoms with E-state index in [1.165, 1.54) is 18.5 Å². The largest absolute Gasteiger partial charge is 0.370 e. The van der Waals surface area contributed by atoms with Gasteiger partial charge in [-0.05, 0) is 43.0 Å². The molecule has 27 heavy (non-hydrogen) atoms. The summed E-state index contributed by atoms with van der Waals surface area (Å²) in [4.78, 5) is 15.9. The van der Waals surface area contributed by atoms with E-state index in [4.69, 9.17) is 0 Å². The van der Waals surface area contributed by atoms with Gasteiger partial charge >= 0.3 is 0 Å². The Balaban J connectivity index is 0.00000131. The van der Waals surface area contributed by atoms with E-state index in [9.17, 15) is 0 Å². The van der Waals surface area contributed by atoms with Crippen molar-refractivity contribution in [3.8, 4) is 11.4 Å². The molecule has 144 valence electrons. The van der Waals surface area contributed by atoms with Gasteiger partial charge in [0.2, 0.25) is 0 Å². The third kappa shape index (κ3) is 5.31. The molecule has 0 bridgehead atoms. The van der Waals surface area contributed by atoms with E-state index in [2.05, 4.69) is 38.2 Å². The average molecular weight is 424 g/mol. The molecule has 0 aliphatic carbocycles. The van der Waals surface area contributed by atoms with Crippen molar-refractivity contribution in [2.24, 2.45) is 5.92 Å². The summed E-state index contributed by atoms with van der Waals surface area (Å²) in [5.74, 6) is 1.65. The van der Waals surface area contributed by atoms with Crippen LogP contribution < -0.4 is 10.2 Å². The molecule has 0 amide bonds. The van der Waals surface area contributed by atoms with Crippen molar-refractivity contribution >= 4 is 52.8 Å². The van der Waals surface area contributed by atoms with Crippen molar-refractivity contribution < 1.29 is 0 Å². The molecule has 1 aliphatic heterocycles. The van der Waals surface area contributed by atoms with Crippen LogP contribution in [-0.4, -0.2) is 28.0 Å². The zero-order valence-electron chi connectivity index (χ0n) is 15.0. The fraction of sp³-hybridized carbons (Fsp3) is 0.316. The maximum atomic E-state index is 4.59. The van der Waals surface area contributed by atoms with Gasteiger partial charge in [-0.1, -0.05) is 13.0 Å². The van der Waals surface area contributed by atoms with Gasteiger partial charge in [0.15, 0.2) is 5.13 Å². The molecule has 0 atom stereocenters. The fourth-order valence-corrected chi connectivity index (χ4v) is 3.70. The number of thiazole rings is 1. The number of halogens is 2. The molecule has 0 radical (unpaired) electrons. The summed E-state index contributed by atoms with van der Waals surface area (Å²) >= 11 is 1.56. The van der Waals surface area contributed by atoms with Gasteiger partial charge in [-0.15, -0.1) is 36.2 Å². The normalized spacial score (nSPS) is 14.2. The molecule has 1 N–H and O–H groups in total. The van der Waals surface area contributed by atoms with Gasteiger partial charge in [0, 0.05) is 24.7 Å². The summed E-state index contributed by atoms with van der Waals surface area (Å²) in [6.45, 7) is 4.57. The van der Waals surface area contributed by atoms with E-state index in [1.807, 2.05) is 35.8 Å². The lowest BCUT2D eigenvalue weighted by molar-refractivity contribution is 0.438. The molecule has 1 fully saturated rings. The fourth-order valence-electron chi connectivity index (χ4n) is 2.99. The van der Waals surface area contributed by atoms with Gasteiger partial charge in [-0.25, -0.2) is 9.97 Å². The number of nitrogens with zero attached hydrogens (tertiary/aromatic N) is 4. The first-order valence-electron chi connectivity index (χ1n) is 8.63. The van der Waals surface area contributed by atoms with Crippen LogP contribution in [0.4, 0.5) is 16.6 Å². The number of pyridine rings is 2. The lowest BCUT2D eigenvalue weighted by Crippen LogP contribution is -2.32. The van der Waals surface area contributed by atoms with Gasteiger partial charge in [0.05, 0.1) is 17.6 Å². The van der Waals surface area contributed by atoms with Crippen LogP contribution >= 0.6 is 36.2 Å². The molecular weight excluding hydrogens is 401 g/mol. The van der Waals surface area contributed by atoms with Gasteiger partial charge < -0.3 is 10.2 Å². The van der Waals surface area contributed by atoms with Crippen LogP contribution in [0.2, 0.25) is 0 Å². The maximum Gasteiger partial charge on any atom is 0.188 e. The number of hydrogen-bond acceptors (Lipinski definition) is 6. The summed E-state index contributed by atoms with van der Waals surface area (Å²) in [6, 6.07) is 10.00. The molecule has 0 saturated carbocycles. The first-order chi connectivity index (χ1) is 12.3.